The average Bonchev–Trinajstić information content (AvgIpc) is 3.09. The Labute approximate surface area is 143 Å². The number of aromatic nitrogens is 3. The zero-order valence-electron chi connectivity index (χ0n) is 13.2. The molecule has 0 saturated heterocycles. The summed E-state index contributed by atoms with van der Waals surface area (Å²) in [6, 6.07) is 12.1. The number of thioether (sulfide) groups is 1. The molecule has 0 aliphatic rings. The molecule has 2 aromatic carbocycles. The minimum atomic E-state index is -0.227. The second-order valence-corrected chi connectivity index (χ2v) is 5.86. The number of halogens is 1. The Kier molecular flexibility index (Phi) is 5.00. The first kappa shape index (κ1) is 16.3. The highest BCUT2D eigenvalue weighted by molar-refractivity contribution is 7.98. The molecule has 0 spiro atoms. The van der Waals surface area contributed by atoms with Crippen molar-refractivity contribution in [1.29, 1.82) is 0 Å². The quantitative estimate of drug-likeness (QED) is 0.686. The third-order valence-corrected chi connectivity index (χ3v) is 4.34. The van der Waals surface area contributed by atoms with Crippen LogP contribution in [0.15, 0.2) is 47.6 Å². The van der Waals surface area contributed by atoms with Gasteiger partial charge in [-0.3, -0.25) is 5.10 Å². The molecule has 1 heterocycles. The first-order valence-corrected chi connectivity index (χ1v) is 8.21. The molecule has 1 aromatic heterocycles. The van der Waals surface area contributed by atoms with E-state index >= 15 is 0 Å². The van der Waals surface area contributed by atoms with Crippen LogP contribution < -0.4 is 9.47 Å². The van der Waals surface area contributed by atoms with E-state index in [4.69, 9.17) is 9.47 Å². The zero-order valence-corrected chi connectivity index (χ0v) is 14.1. The number of rotatable bonds is 6. The maximum absolute atomic E-state index is 13.7. The lowest BCUT2D eigenvalue weighted by molar-refractivity contribution is 0.404. The van der Waals surface area contributed by atoms with E-state index in [0.717, 1.165) is 5.56 Å². The van der Waals surface area contributed by atoms with Crippen molar-refractivity contribution < 1.29 is 13.9 Å². The van der Waals surface area contributed by atoms with Crippen molar-refractivity contribution in [2.45, 2.75) is 10.9 Å². The first-order valence-electron chi connectivity index (χ1n) is 7.22. The second-order valence-electron chi connectivity index (χ2n) is 4.91. The van der Waals surface area contributed by atoms with Crippen LogP contribution in [-0.4, -0.2) is 29.4 Å². The van der Waals surface area contributed by atoms with E-state index in [0.29, 0.717) is 33.8 Å². The Bertz CT molecular complexity index is 838. The molecule has 3 rings (SSSR count). The topological polar surface area (TPSA) is 60.0 Å². The van der Waals surface area contributed by atoms with Gasteiger partial charge in [0.05, 0.1) is 19.8 Å². The Morgan fingerprint density at radius 2 is 1.96 bits per heavy atom. The van der Waals surface area contributed by atoms with Crippen molar-refractivity contribution in [2.24, 2.45) is 0 Å². The number of aromatic amines is 1. The van der Waals surface area contributed by atoms with Gasteiger partial charge in [0.1, 0.15) is 17.3 Å². The lowest BCUT2D eigenvalue weighted by atomic mass is 10.2. The van der Waals surface area contributed by atoms with Crippen LogP contribution in [0.3, 0.4) is 0 Å². The van der Waals surface area contributed by atoms with Gasteiger partial charge in [0.15, 0.2) is 5.82 Å². The van der Waals surface area contributed by atoms with E-state index in [1.165, 1.54) is 17.8 Å². The lowest BCUT2D eigenvalue weighted by Gasteiger charge is -2.07. The van der Waals surface area contributed by atoms with E-state index < -0.39 is 0 Å². The van der Waals surface area contributed by atoms with Crippen molar-refractivity contribution in [3.05, 3.63) is 53.8 Å². The SMILES string of the molecule is COc1ccc(OC)c(-c2nc(SCc3ccccc3F)n[nH]2)c1. The van der Waals surface area contributed by atoms with Crippen LogP contribution in [0.1, 0.15) is 5.56 Å². The number of hydrogen-bond donors (Lipinski definition) is 1. The van der Waals surface area contributed by atoms with E-state index in [2.05, 4.69) is 15.2 Å². The number of hydrogen-bond acceptors (Lipinski definition) is 5. The van der Waals surface area contributed by atoms with Gasteiger partial charge in [0.2, 0.25) is 5.16 Å². The van der Waals surface area contributed by atoms with Gasteiger partial charge in [-0.05, 0) is 29.8 Å². The highest BCUT2D eigenvalue weighted by Crippen LogP contribution is 2.32. The predicted octanol–water partition coefficient (Wildman–Crippen LogP) is 3.92. The zero-order chi connectivity index (χ0) is 16.9. The minimum Gasteiger partial charge on any atom is -0.497 e. The molecular formula is C17H16FN3O2S. The first-order chi connectivity index (χ1) is 11.7. The summed E-state index contributed by atoms with van der Waals surface area (Å²) in [4.78, 5) is 4.45. The van der Waals surface area contributed by atoms with Crippen molar-refractivity contribution >= 4 is 11.8 Å². The molecule has 0 bridgehead atoms. The number of benzene rings is 2. The van der Waals surface area contributed by atoms with E-state index in [1.807, 2.05) is 24.3 Å². The molecule has 0 aliphatic heterocycles. The van der Waals surface area contributed by atoms with Gasteiger partial charge in [0.25, 0.3) is 0 Å². The summed E-state index contributed by atoms with van der Waals surface area (Å²) in [7, 11) is 3.19. The molecule has 124 valence electrons. The molecule has 5 nitrogen and oxygen atoms in total. The maximum Gasteiger partial charge on any atom is 0.209 e. The summed E-state index contributed by atoms with van der Waals surface area (Å²) in [5.41, 5.74) is 1.37. The molecule has 0 aliphatic carbocycles. The van der Waals surface area contributed by atoms with Gasteiger partial charge in [-0.2, -0.15) is 0 Å². The van der Waals surface area contributed by atoms with Crippen molar-refractivity contribution in [3.63, 3.8) is 0 Å². The van der Waals surface area contributed by atoms with Crippen LogP contribution in [0.2, 0.25) is 0 Å². The summed E-state index contributed by atoms with van der Waals surface area (Å²) >= 11 is 1.36. The predicted molar refractivity (Wildman–Crippen MR) is 90.9 cm³/mol. The molecule has 24 heavy (non-hydrogen) atoms. The van der Waals surface area contributed by atoms with Gasteiger partial charge < -0.3 is 9.47 Å². The van der Waals surface area contributed by atoms with E-state index in [1.54, 1.807) is 26.4 Å². The monoisotopic (exact) mass is 345 g/mol. The second kappa shape index (κ2) is 7.35. The van der Waals surface area contributed by atoms with Crippen molar-refractivity contribution in [1.82, 2.24) is 15.2 Å². The number of ether oxygens (including phenoxy) is 2. The summed E-state index contributed by atoms with van der Waals surface area (Å²) < 4.78 is 24.2. The Morgan fingerprint density at radius 3 is 2.71 bits per heavy atom. The van der Waals surface area contributed by atoms with E-state index in [9.17, 15) is 4.39 Å². The molecule has 0 unspecified atom stereocenters. The highest BCUT2D eigenvalue weighted by Gasteiger charge is 2.13. The molecule has 0 saturated carbocycles. The van der Waals surface area contributed by atoms with Crippen LogP contribution in [0.5, 0.6) is 11.5 Å². The number of nitrogens with zero attached hydrogens (tertiary/aromatic N) is 2. The van der Waals surface area contributed by atoms with Gasteiger partial charge in [0, 0.05) is 5.75 Å². The molecule has 0 atom stereocenters. The van der Waals surface area contributed by atoms with Gasteiger partial charge in [-0.15, -0.1) is 5.10 Å². The highest BCUT2D eigenvalue weighted by atomic mass is 32.2. The number of H-pyrrole nitrogens is 1. The van der Waals surface area contributed by atoms with Crippen LogP contribution >= 0.6 is 11.8 Å². The third kappa shape index (κ3) is 3.51. The maximum atomic E-state index is 13.7. The number of nitrogens with one attached hydrogen (secondary N) is 1. The summed E-state index contributed by atoms with van der Waals surface area (Å²) in [5, 5.41) is 7.60. The average molecular weight is 345 g/mol. The Hall–Kier alpha value is -2.54. The third-order valence-electron chi connectivity index (χ3n) is 3.44. The summed E-state index contributed by atoms with van der Waals surface area (Å²) in [5.74, 6) is 2.16. The Balaban J connectivity index is 1.79. The van der Waals surface area contributed by atoms with Crippen LogP contribution in [0, 0.1) is 5.82 Å². The van der Waals surface area contributed by atoms with Gasteiger partial charge in [-0.25, -0.2) is 9.37 Å². The fourth-order valence-electron chi connectivity index (χ4n) is 2.19. The molecule has 0 amide bonds. The molecule has 3 aromatic rings. The fourth-order valence-corrected chi connectivity index (χ4v) is 2.97. The standard InChI is InChI=1S/C17H16FN3O2S/c1-22-12-7-8-15(23-2)13(9-12)16-19-17(21-20-16)24-10-11-5-3-4-6-14(11)18/h3-9H,10H2,1-2H3,(H,19,20,21). The van der Waals surface area contributed by atoms with Gasteiger partial charge >= 0.3 is 0 Å². The molecule has 0 radical (unpaired) electrons. The summed E-state index contributed by atoms with van der Waals surface area (Å²) in [6.45, 7) is 0. The molecule has 7 heteroatoms. The summed E-state index contributed by atoms with van der Waals surface area (Å²) in [6.07, 6.45) is 0. The molecule has 0 fully saturated rings. The smallest absolute Gasteiger partial charge is 0.209 e. The Morgan fingerprint density at radius 1 is 1.12 bits per heavy atom. The van der Waals surface area contributed by atoms with Gasteiger partial charge in [-0.1, -0.05) is 30.0 Å². The van der Waals surface area contributed by atoms with Crippen LogP contribution in [0.4, 0.5) is 4.39 Å². The number of methoxy groups -OCH3 is 2. The largest absolute Gasteiger partial charge is 0.497 e. The fraction of sp³-hybridized carbons (Fsp3) is 0.176. The van der Waals surface area contributed by atoms with Crippen molar-refractivity contribution in [3.8, 4) is 22.9 Å². The van der Waals surface area contributed by atoms with Crippen LogP contribution in [-0.2, 0) is 5.75 Å². The molecular weight excluding hydrogens is 329 g/mol. The molecule has 1 N–H and O–H groups in total. The van der Waals surface area contributed by atoms with Crippen LogP contribution in [0.25, 0.3) is 11.4 Å². The van der Waals surface area contributed by atoms with Crippen molar-refractivity contribution in [2.75, 3.05) is 14.2 Å². The van der Waals surface area contributed by atoms with E-state index in [-0.39, 0.29) is 5.82 Å². The normalized spacial score (nSPS) is 10.6. The lowest BCUT2D eigenvalue weighted by Crippen LogP contribution is -1.91. The minimum absolute atomic E-state index is 0.227.